The summed E-state index contributed by atoms with van der Waals surface area (Å²) in [6.07, 6.45) is 3.72. The predicted molar refractivity (Wildman–Crippen MR) is 88.6 cm³/mol. The van der Waals surface area contributed by atoms with E-state index in [1.807, 2.05) is 6.07 Å². The molecule has 0 unspecified atom stereocenters. The van der Waals surface area contributed by atoms with E-state index in [2.05, 4.69) is 4.98 Å². The van der Waals surface area contributed by atoms with Crippen LogP contribution in [0.1, 0.15) is 22.8 Å². The van der Waals surface area contributed by atoms with Gasteiger partial charge in [0.05, 0.1) is 22.1 Å². The fourth-order valence-electron chi connectivity index (χ4n) is 2.04. The molecule has 7 heteroatoms. The minimum atomic E-state index is -0.642. The molecule has 0 radical (unpaired) electrons. The third kappa shape index (κ3) is 4.43. The second-order valence-corrected chi connectivity index (χ2v) is 6.54. The van der Waals surface area contributed by atoms with Gasteiger partial charge in [-0.05, 0) is 30.2 Å². The lowest BCUT2D eigenvalue weighted by molar-refractivity contribution is 0.259. The molecule has 0 amide bonds. The molecule has 3 N–H and O–H groups in total. The molecule has 0 saturated carbocycles. The maximum atomic E-state index is 14.4. The fraction of sp³-hybridized carbons (Fsp3) is 0.250. The van der Waals surface area contributed by atoms with Gasteiger partial charge in [0.15, 0.2) is 5.82 Å². The van der Waals surface area contributed by atoms with Gasteiger partial charge < -0.3 is 10.8 Å². The van der Waals surface area contributed by atoms with Crippen LogP contribution in [0.4, 0.5) is 4.39 Å². The molecule has 4 nitrogen and oxygen atoms in total. The van der Waals surface area contributed by atoms with E-state index in [0.29, 0.717) is 6.42 Å². The number of hydrogen-bond donors (Lipinski definition) is 2. The Kier molecular flexibility index (Phi) is 6.37. The van der Waals surface area contributed by atoms with Crippen LogP contribution in [0.25, 0.3) is 0 Å². The van der Waals surface area contributed by atoms with Gasteiger partial charge in [-0.2, -0.15) is 5.26 Å². The van der Waals surface area contributed by atoms with Crippen molar-refractivity contribution >= 4 is 23.4 Å². The standard InChI is InChI=1S/C16H15ClFN3OS/c17-13-4-3-10(7-19)15(18)16(13)23-14(6-12(20)9-22)11-2-1-5-21-8-11/h1-5,8,12,14,22H,6,9,20H2/t12-,14+/m0/s1. The number of aliphatic hydroxyl groups is 1. The summed E-state index contributed by atoms with van der Waals surface area (Å²) in [6, 6.07) is 7.83. The Morgan fingerprint density at radius 3 is 2.83 bits per heavy atom. The van der Waals surface area contributed by atoms with Gasteiger partial charge >= 0.3 is 0 Å². The lowest BCUT2D eigenvalue weighted by Crippen LogP contribution is -2.26. The highest BCUT2D eigenvalue weighted by molar-refractivity contribution is 7.99. The number of halogens is 2. The maximum Gasteiger partial charge on any atom is 0.156 e. The van der Waals surface area contributed by atoms with Crippen LogP contribution in [0.2, 0.25) is 5.02 Å². The Hall–Kier alpha value is -1.65. The van der Waals surface area contributed by atoms with E-state index in [4.69, 9.17) is 22.6 Å². The predicted octanol–water partition coefficient (Wildman–Crippen LogP) is 3.29. The topological polar surface area (TPSA) is 82.9 Å². The number of aliphatic hydroxyl groups excluding tert-OH is 1. The number of rotatable bonds is 6. The van der Waals surface area contributed by atoms with E-state index < -0.39 is 11.9 Å². The van der Waals surface area contributed by atoms with Gasteiger partial charge in [0.25, 0.3) is 0 Å². The molecule has 1 aromatic heterocycles. The van der Waals surface area contributed by atoms with Crippen LogP contribution in [0.15, 0.2) is 41.6 Å². The first kappa shape index (κ1) is 17.7. The first-order valence-electron chi connectivity index (χ1n) is 6.88. The quantitative estimate of drug-likeness (QED) is 0.780. The summed E-state index contributed by atoms with van der Waals surface area (Å²) in [6.45, 7) is -0.175. The lowest BCUT2D eigenvalue weighted by Gasteiger charge is -2.20. The number of nitrogens with two attached hydrogens (primary N) is 1. The van der Waals surface area contributed by atoms with Gasteiger partial charge in [0, 0.05) is 23.7 Å². The third-order valence-corrected chi connectivity index (χ3v) is 5.05. The molecule has 0 aliphatic carbocycles. The van der Waals surface area contributed by atoms with E-state index in [-0.39, 0.29) is 27.3 Å². The molecule has 0 aliphatic heterocycles. The largest absolute Gasteiger partial charge is 0.395 e. The van der Waals surface area contributed by atoms with Crippen molar-refractivity contribution < 1.29 is 9.50 Å². The van der Waals surface area contributed by atoms with Crippen molar-refractivity contribution in [2.75, 3.05) is 6.61 Å². The number of thioether (sulfide) groups is 1. The molecule has 0 spiro atoms. The van der Waals surface area contributed by atoms with Crippen molar-refractivity contribution in [2.24, 2.45) is 5.73 Å². The van der Waals surface area contributed by atoms with Crippen molar-refractivity contribution in [3.8, 4) is 6.07 Å². The zero-order valence-electron chi connectivity index (χ0n) is 12.1. The number of hydrogen-bond acceptors (Lipinski definition) is 5. The van der Waals surface area contributed by atoms with Gasteiger partial charge in [-0.15, -0.1) is 11.8 Å². The second-order valence-electron chi connectivity index (χ2n) is 4.92. The highest BCUT2D eigenvalue weighted by Crippen LogP contribution is 2.43. The van der Waals surface area contributed by atoms with E-state index in [1.54, 1.807) is 24.5 Å². The molecule has 1 heterocycles. The Labute approximate surface area is 143 Å². The number of aromatic nitrogens is 1. The van der Waals surface area contributed by atoms with E-state index >= 15 is 0 Å². The Balaban J connectivity index is 2.37. The SMILES string of the molecule is N#Cc1ccc(Cl)c(S[C@H](C[C@H](N)CO)c2cccnc2)c1F. The van der Waals surface area contributed by atoms with E-state index in [1.165, 1.54) is 23.9 Å². The summed E-state index contributed by atoms with van der Waals surface area (Å²) in [5.74, 6) is -0.642. The van der Waals surface area contributed by atoms with Gasteiger partial charge in [0.1, 0.15) is 6.07 Å². The Morgan fingerprint density at radius 1 is 1.43 bits per heavy atom. The maximum absolute atomic E-state index is 14.4. The molecular weight excluding hydrogens is 337 g/mol. The molecule has 0 bridgehead atoms. The number of nitrogens with zero attached hydrogens (tertiary/aromatic N) is 2. The van der Waals surface area contributed by atoms with Crippen molar-refractivity contribution in [1.29, 1.82) is 5.26 Å². The van der Waals surface area contributed by atoms with Gasteiger partial charge in [-0.25, -0.2) is 4.39 Å². The molecule has 0 saturated heterocycles. The van der Waals surface area contributed by atoms with Crippen molar-refractivity contribution in [3.63, 3.8) is 0 Å². The Morgan fingerprint density at radius 2 is 2.22 bits per heavy atom. The molecule has 2 aromatic rings. The van der Waals surface area contributed by atoms with Crippen LogP contribution in [-0.2, 0) is 0 Å². The average molecular weight is 352 g/mol. The summed E-state index contributed by atoms with van der Waals surface area (Å²) < 4.78 is 14.4. The summed E-state index contributed by atoms with van der Waals surface area (Å²) >= 11 is 7.27. The van der Waals surface area contributed by atoms with Crippen LogP contribution in [0.5, 0.6) is 0 Å². The second kappa shape index (κ2) is 8.27. The van der Waals surface area contributed by atoms with Gasteiger partial charge in [-0.1, -0.05) is 17.7 Å². The van der Waals surface area contributed by atoms with Crippen LogP contribution >= 0.6 is 23.4 Å². The fourth-order valence-corrected chi connectivity index (χ4v) is 3.61. The molecule has 1 aromatic carbocycles. The number of benzene rings is 1. The van der Waals surface area contributed by atoms with Crippen LogP contribution in [0.3, 0.4) is 0 Å². The van der Waals surface area contributed by atoms with Crippen LogP contribution in [0, 0.1) is 17.1 Å². The van der Waals surface area contributed by atoms with Gasteiger partial charge in [-0.3, -0.25) is 4.98 Å². The number of pyridine rings is 1. The van der Waals surface area contributed by atoms with Gasteiger partial charge in [0.2, 0.25) is 0 Å². The molecule has 2 rings (SSSR count). The summed E-state index contributed by atoms with van der Waals surface area (Å²) in [4.78, 5) is 4.26. The summed E-state index contributed by atoms with van der Waals surface area (Å²) in [5, 5.41) is 18.1. The van der Waals surface area contributed by atoms with Crippen LogP contribution < -0.4 is 5.73 Å². The monoisotopic (exact) mass is 351 g/mol. The molecule has 0 aliphatic rings. The minimum Gasteiger partial charge on any atom is -0.395 e. The summed E-state index contributed by atoms with van der Waals surface area (Å²) in [5.41, 5.74) is 6.62. The molecule has 120 valence electrons. The molecular formula is C16H15ClFN3OS. The zero-order valence-corrected chi connectivity index (χ0v) is 13.7. The minimum absolute atomic E-state index is 0.0618. The highest BCUT2D eigenvalue weighted by atomic mass is 35.5. The van der Waals surface area contributed by atoms with E-state index in [0.717, 1.165) is 5.56 Å². The summed E-state index contributed by atoms with van der Waals surface area (Å²) in [7, 11) is 0. The molecule has 23 heavy (non-hydrogen) atoms. The first-order chi connectivity index (χ1) is 11.1. The third-order valence-electron chi connectivity index (χ3n) is 3.24. The molecule has 0 fully saturated rings. The first-order valence-corrected chi connectivity index (χ1v) is 8.13. The zero-order chi connectivity index (χ0) is 16.8. The Bertz CT molecular complexity index is 708. The normalized spacial score (nSPS) is 13.3. The van der Waals surface area contributed by atoms with Crippen molar-refractivity contribution in [2.45, 2.75) is 22.6 Å². The molecule has 2 atom stereocenters. The van der Waals surface area contributed by atoms with Crippen molar-refractivity contribution in [1.82, 2.24) is 4.98 Å². The average Bonchev–Trinajstić information content (AvgIpc) is 2.58. The van der Waals surface area contributed by atoms with E-state index in [9.17, 15) is 9.50 Å². The van der Waals surface area contributed by atoms with Crippen molar-refractivity contribution in [3.05, 3.63) is 58.6 Å². The smallest absolute Gasteiger partial charge is 0.156 e. The highest BCUT2D eigenvalue weighted by Gasteiger charge is 2.22. The van der Waals surface area contributed by atoms with Crippen LogP contribution in [-0.4, -0.2) is 22.7 Å². The number of nitriles is 1. The lowest BCUT2D eigenvalue weighted by atomic mass is 10.1.